The minimum Gasteiger partial charge on any atom is -0.469 e. The molecular weight excluding hydrogens is 310 g/mol. The van der Waals surface area contributed by atoms with E-state index < -0.39 is 0 Å². The second-order valence-corrected chi connectivity index (χ2v) is 5.71. The van der Waals surface area contributed by atoms with Gasteiger partial charge in [-0.2, -0.15) is 0 Å². The van der Waals surface area contributed by atoms with E-state index in [0.29, 0.717) is 10.9 Å². The summed E-state index contributed by atoms with van der Waals surface area (Å²) in [7, 11) is 1.30. The number of nitrogens with one attached hydrogen (secondary N) is 1. The Bertz CT molecular complexity index is 813. The zero-order valence-corrected chi connectivity index (χ0v) is 14.0. The van der Waals surface area contributed by atoms with E-state index in [2.05, 4.69) is 15.0 Å². The van der Waals surface area contributed by atoms with Crippen LogP contribution in [-0.4, -0.2) is 34.6 Å². The van der Waals surface area contributed by atoms with E-state index in [-0.39, 0.29) is 42.9 Å². The zero-order chi connectivity index (χ0) is 17.7. The fourth-order valence-electron chi connectivity index (χ4n) is 2.45. The van der Waals surface area contributed by atoms with Gasteiger partial charge in [-0.05, 0) is 25.5 Å². The monoisotopic (exact) mass is 331 g/mol. The van der Waals surface area contributed by atoms with Gasteiger partial charge in [-0.15, -0.1) is 0 Å². The number of fused-ring (bicyclic) bond motifs is 1. The van der Waals surface area contributed by atoms with Crippen molar-refractivity contribution in [2.24, 2.45) is 0 Å². The second kappa shape index (κ2) is 7.72. The zero-order valence-electron chi connectivity index (χ0n) is 14.0. The van der Waals surface area contributed by atoms with Crippen molar-refractivity contribution in [1.82, 2.24) is 14.9 Å². The predicted octanol–water partition coefficient (Wildman–Crippen LogP) is 1.16. The van der Waals surface area contributed by atoms with E-state index >= 15 is 0 Å². The number of amides is 1. The number of nitrogens with zero attached hydrogens (tertiary/aromatic N) is 2. The summed E-state index contributed by atoms with van der Waals surface area (Å²) in [6, 6.07) is 5.12. The SMILES string of the molecule is COC(=O)CC(C)NC(=O)CCn1cnc2c(C)cccc2c1=O. The maximum Gasteiger partial charge on any atom is 0.307 e. The van der Waals surface area contributed by atoms with Crippen LogP contribution < -0.4 is 10.9 Å². The van der Waals surface area contributed by atoms with E-state index in [1.54, 1.807) is 13.0 Å². The lowest BCUT2D eigenvalue weighted by Crippen LogP contribution is -2.35. The summed E-state index contributed by atoms with van der Waals surface area (Å²) in [6.45, 7) is 3.85. The number of aromatic nitrogens is 2. The van der Waals surface area contributed by atoms with Crippen LogP contribution in [0.4, 0.5) is 0 Å². The first-order chi connectivity index (χ1) is 11.4. The van der Waals surface area contributed by atoms with E-state index in [1.165, 1.54) is 18.0 Å². The lowest BCUT2D eigenvalue weighted by atomic mass is 10.1. The molecule has 7 nitrogen and oxygen atoms in total. The molecule has 0 aliphatic heterocycles. The lowest BCUT2D eigenvalue weighted by molar-refractivity contribution is -0.141. The average molecular weight is 331 g/mol. The van der Waals surface area contributed by atoms with Crippen molar-refractivity contribution in [3.05, 3.63) is 40.4 Å². The molecule has 1 aromatic heterocycles. The molecule has 0 aliphatic rings. The molecular formula is C17H21N3O4. The first kappa shape index (κ1) is 17.7. The van der Waals surface area contributed by atoms with Gasteiger partial charge in [0, 0.05) is 19.0 Å². The Kier molecular flexibility index (Phi) is 5.68. The highest BCUT2D eigenvalue weighted by Gasteiger charge is 2.13. The van der Waals surface area contributed by atoms with Crippen LogP contribution in [0.25, 0.3) is 10.9 Å². The molecule has 2 aromatic rings. The molecule has 1 heterocycles. The molecule has 1 amide bonds. The smallest absolute Gasteiger partial charge is 0.307 e. The van der Waals surface area contributed by atoms with Crippen LogP contribution in [0.2, 0.25) is 0 Å². The highest BCUT2D eigenvalue weighted by molar-refractivity contribution is 5.80. The van der Waals surface area contributed by atoms with Crippen molar-refractivity contribution in [3.63, 3.8) is 0 Å². The van der Waals surface area contributed by atoms with Crippen LogP contribution in [0.5, 0.6) is 0 Å². The molecule has 0 fully saturated rings. The molecule has 128 valence electrons. The minimum atomic E-state index is -0.381. The molecule has 0 bridgehead atoms. The van der Waals surface area contributed by atoms with Crippen LogP contribution in [0, 0.1) is 6.92 Å². The first-order valence-electron chi connectivity index (χ1n) is 7.73. The molecule has 1 unspecified atom stereocenters. The molecule has 0 saturated carbocycles. The van der Waals surface area contributed by atoms with Crippen LogP contribution in [0.3, 0.4) is 0 Å². The van der Waals surface area contributed by atoms with E-state index in [0.717, 1.165) is 5.56 Å². The number of rotatable bonds is 6. The topological polar surface area (TPSA) is 90.3 Å². The van der Waals surface area contributed by atoms with Gasteiger partial charge in [0.2, 0.25) is 5.91 Å². The van der Waals surface area contributed by atoms with E-state index in [1.807, 2.05) is 19.1 Å². The van der Waals surface area contributed by atoms with Crippen LogP contribution in [0.1, 0.15) is 25.3 Å². The summed E-state index contributed by atoms with van der Waals surface area (Å²) in [6.07, 6.45) is 1.70. The van der Waals surface area contributed by atoms with Gasteiger partial charge in [0.25, 0.3) is 5.56 Å². The van der Waals surface area contributed by atoms with Gasteiger partial charge in [-0.25, -0.2) is 4.98 Å². The molecule has 1 aromatic carbocycles. The highest BCUT2D eigenvalue weighted by atomic mass is 16.5. The Morgan fingerprint density at radius 2 is 2.12 bits per heavy atom. The highest BCUT2D eigenvalue weighted by Crippen LogP contribution is 2.11. The van der Waals surface area contributed by atoms with E-state index in [9.17, 15) is 14.4 Å². The Labute approximate surface area is 139 Å². The number of para-hydroxylation sites is 1. The fraction of sp³-hybridized carbons (Fsp3) is 0.412. The predicted molar refractivity (Wildman–Crippen MR) is 89.6 cm³/mol. The quantitative estimate of drug-likeness (QED) is 0.802. The van der Waals surface area contributed by atoms with Gasteiger partial charge < -0.3 is 10.1 Å². The van der Waals surface area contributed by atoms with Crippen molar-refractivity contribution >= 4 is 22.8 Å². The molecule has 24 heavy (non-hydrogen) atoms. The van der Waals surface area contributed by atoms with Gasteiger partial charge in [-0.1, -0.05) is 12.1 Å². The number of carbonyl (C=O) groups is 2. The number of methoxy groups -OCH3 is 1. The van der Waals surface area contributed by atoms with Gasteiger partial charge in [0.1, 0.15) is 0 Å². The number of ether oxygens (including phenoxy) is 1. The van der Waals surface area contributed by atoms with Crippen molar-refractivity contribution in [1.29, 1.82) is 0 Å². The third kappa shape index (κ3) is 4.18. The molecule has 2 rings (SSSR count). The molecule has 7 heteroatoms. The second-order valence-electron chi connectivity index (χ2n) is 5.71. The summed E-state index contributed by atoms with van der Waals surface area (Å²) < 4.78 is 5.98. The van der Waals surface area contributed by atoms with Crippen molar-refractivity contribution in [3.8, 4) is 0 Å². The molecule has 0 saturated heterocycles. The van der Waals surface area contributed by atoms with Crippen molar-refractivity contribution < 1.29 is 14.3 Å². The Balaban J connectivity index is 2.01. The van der Waals surface area contributed by atoms with Crippen molar-refractivity contribution in [2.75, 3.05) is 7.11 Å². The summed E-state index contributed by atoms with van der Waals surface area (Å²) in [4.78, 5) is 39.8. The standard InChI is InChI=1S/C17H21N3O4/c1-11-5-4-6-13-16(11)18-10-20(17(13)23)8-7-14(21)19-12(2)9-15(22)24-3/h4-6,10,12H,7-9H2,1-3H3,(H,19,21). The minimum absolute atomic E-state index is 0.110. The van der Waals surface area contributed by atoms with Crippen LogP contribution >= 0.6 is 0 Å². The Morgan fingerprint density at radius 1 is 1.38 bits per heavy atom. The number of benzene rings is 1. The normalized spacial score (nSPS) is 12.0. The molecule has 0 aliphatic carbocycles. The summed E-state index contributed by atoms with van der Waals surface area (Å²) in [5.41, 5.74) is 1.44. The van der Waals surface area contributed by atoms with Gasteiger partial charge in [-0.3, -0.25) is 19.0 Å². The number of hydrogen-bond donors (Lipinski definition) is 1. The number of hydrogen-bond acceptors (Lipinski definition) is 5. The fourth-order valence-corrected chi connectivity index (χ4v) is 2.45. The number of aryl methyl sites for hydroxylation is 2. The van der Waals surface area contributed by atoms with Crippen LogP contribution in [-0.2, 0) is 20.9 Å². The van der Waals surface area contributed by atoms with Crippen LogP contribution in [0.15, 0.2) is 29.3 Å². The lowest BCUT2D eigenvalue weighted by Gasteiger charge is -2.13. The first-order valence-corrected chi connectivity index (χ1v) is 7.73. The third-order valence-corrected chi connectivity index (χ3v) is 3.74. The molecule has 1 N–H and O–H groups in total. The largest absolute Gasteiger partial charge is 0.469 e. The maximum atomic E-state index is 12.4. The molecule has 0 spiro atoms. The third-order valence-electron chi connectivity index (χ3n) is 3.74. The van der Waals surface area contributed by atoms with Gasteiger partial charge in [0.05, 0.1) is 30.8 Å². The Morgan fingerprint density at radius 3 is 2.83 bits per heavy atom. The molecule has 1 atom stereocenters. The summed E-state index contributed by atoms with van der Waals surface area (Å²) in [5, 5.41) is 3.24. The van der Waals surface area contributed by atoms with Gasteiger partial charge in [0.15, 0.2) is 0 Å². The average Bonchev–Trinajstić information content (AvgIpc) is 2.54. The Hall–Kier alpha value is -2.70. The number of carbonyl (C=O) groups excluding carboxylic acids is 2. The molecule has 0 radical (unpaired) electrons. The number of esters is 1. The summed E-state index contributed by atoms with van der Waals surface area (Å²) in [5.74, 6) is -0.615. The van der Waals surface area contributed by atoms with Crippen molar-refractivity contribution in [2.45, 2.75) is 39.3 Å². The van der Waals surface area contributed by atoms with Gasteiger partial charge >= 0.3 is 5.97 Å². The maximum absolute atomic E-state index is 12.4. The van der Waals surface area contributed by atoms with E-state index in [4.69, 9.17) is 0 Å². The summed E-state index contributed by atoms with van der Waals surface area (Å²) >= 11 is 0.